The zero-order valence-corrected chi connectivity index (χ0v) is 12.1. The highest BCUT2D eigenvalue weighted by Gasteiger charge is 2.09. The quantitative estimate of drug-likeness (QED) is 0.545. The molecule has 0 aromatic carbocycles. The Morgan fingerprint density at radius 2 is 2.00 bits per heavy atom. The Balaban J connectivity index is 0.000000235. The highest BCUT2D eigenvalue weighted by atomic mass is 16.1. The lowest BCUT2D eigenvalue weighted by Crippen LogP contribution is -2.11. The van der Waals surface area contributed by atoms with Gasteiger partial charge < -0.3 is 16.5 Å². The summed E-state index contributed by atoms with van der Waals surface area (Å²) in [5, 5.41) is 8.86. The molecule has 2 rings (SSSR count). The van der Waals surface area contributed by atoms with E-state index in [1.807, 2.05) is 0 Å². The minimum Gasteiger partial charge on any atom is -0.366 e. The van der Waals surface area contributed by atoms with Gasteiger partial charge in [-0.1, -0.05) is 5.22 Å². The largest absolute Gasteiger partial charge is 0.366 e. The van der Waals surface area contributed by atoms with E-state index in [1.54, 1.807) is 32.4 Å². The van der Waals surface area contributed by atoms with Crippen LogP contribution >= 0.6 is 0 Å². The van der Waals surface area contributed by atoms with Crippen LogP contribution in [-0.2, 0) is 0 Å². The van der Waals surface area contributed by atoms with E-state index in [2.05, 4.69) is 25.3 Å². The number of amides is 2. The van der Waals surface area contributed by atoms with E-state index in [1.165, 1.54) is 17.5 Å². The number of H-pyrrole nitrogens is 1. The van der Waals surface area contributed by atoms with E-state index >= 15 is 0 Å². The summed E-state index contributed by atoms with van der Waals surface area (Å²) >= 11 is 0. The van der Waals surface area contributed by atoms with Gasteiger partial charge in [0.2, 0.25) is 11.7 Å². The lowest BCUT2D eigenvalue weighted by Gasteiger charge is -1.98. The number of nitrogens with two attached hydrogens (primary N) is 2. The van der Waals surface area contributed by atoms with E-state index in [4.69, 9.17) is 11.5 Å². The number of nitrogens with one attached hydrogen (secondary N) is 1. The third-order valence-corrected chi connectivity index (χ3v) is 2.13. The summed E-state index contributed by atoms with van der Waals surface area (Å²) in [6.07, 6.45) is 4.36. The topological polar surface area (TPSA) is 156 Å². The summed E-state index contributed by atoms with van der Waals surface area (Å²) in [6, 6.07) is 3.29. The first-order valence-corrected chi connectivity index (χ1v) is 6.03. The molecule has 2 amide bonds. The second-order valence-electron chi connectivity index (χ2n) is 4.11. The molecule has 0 saturated carbocycles. The molecule has 22 heavy (non-hydrogen) atoms. The van der Waals surface area contributed by atoms with Gasteiger partial charge in [-0.05, 0) is 12.1 Å². The lowest BCUT2D eigenvalue weighted by molar-refractivity contribution is 0.0989. The molecule has 2 aromatic heterocycles. The zero-order valence-electron chi connectivity index (χ0n) is 12.1. The molecule has 0 spiro atoms. The number of carbonyl (C=O) groups is 2. The molecule has 0 bridgehead atoms. The van der Waals surface area contributed by atoms with Gasteiger partial charge >= 0.3 is 0 Å². The van der Waals surface area contributed by atoms with Gasteiger partial charge in [-0.25, -0.2) is 4.98 Å². The van der Waals surface area contributed by atoms with Crippen LogP contribution in [0.15, 0.2) is 41.2 Å². The second-order valence-corrected chi connectivity index (χ2v) is 4.11. The first-order chi connectivity index (χ1) is 10.4. The molecule has 0 saturated heterocycles. The number of imidazole rings is 1. The second kappa shape index (κ2) is 8.09. The Kier molecular flexibility index (Phi) is 6.16. The van der Waals surface area contributed by atoms with Crippen molar-refractivity contribution in [3.05, 3.63) is 42.1 Å². The summed E-state index contributed by atoms with van der Waals surface area (Å²) in [5.41, 5.74) is 10.6. The van der Waals surface area contributed by atoms with Crippen molar-refractivity contribution in [1.82, 2.24) is 20.0 Å². The molecule has 0 aliphatic heterocycles. The van der Waals surface area contributed by atoms with Crippen molar-refractivity contribution < 1.29 is 9.59 Å². The van der Waals surface area contributed by atoms with Crippen molar-refractivity contribution in [3.8, 4) is 0 Å². The fraction of sp³-hybridized carbons (Fsp3) is 0.167. The van der Waals surface area contributed by atoms with E-state index in [9.17, 15) is 9.59 Å². The SMILES string of the molecule is CN(C)N=Nc1nc[nH]c1C(N)=O.NC(=O)c1cccnc1. The minimum atomic E-state index is -0.606. The standard InChI is InChI=1S/C6H10N6O.C6H6N2O/c1-12(2)11-10-6-4(5(7)13)8-3-9-6;7-6(9)5-2-1-3-8-4-5/h3H,1-2H3,(H2,7,13)(H,8,9);1-4H,(H2,7,9). The molecule has 0 aliphatic rings. The Morgan fingerprint density at radius 1 is 1.27 bits per heavy atom. The van der Waals surface area contributed by atoms with Crippen molar-refractivity contribution in [2.75, 3.05) is 14.1 Å². The van der Waals surface area contributed by atoms with Crippen molar-refractivity contribution >= 4 is 17.6 Å². The first-order valence-electron chi connectivity index (χ1n) is 6.03. The number of primary amides is 2. The number of aromatic nitrogens is 3. The fourth-order valence-electron chi connectivity index (χ4n) is 1.18. The van der Waals surface area contributed by atoms with Crippen LogP contribution in [0, 0.1) is 0 Å². The van der Waals surface area contributed by atoms with Gasteiger partial charge in [0.25, 0.3) is 5.91 Å². The number of hydrogen-bond acceptors (Lipinski definition) is 6. The van der Waals surface area contributed by atoms with E-state index in [-0.39, 0.29) is 11.5 Å². The Labute approximate surface area is 126 Å². The van der Waals surface area contributed by atoms with Crippen LogP contribution in [0.5, 0.6) is 0 Å². The number of aromatic amines is 1. The van der Waals surface area contributed by atoms with Gasteiger partial charge in [-0.3, -0.25) is 19.6 Å². The first kappa shape index (κ1) is 16.8. The maximum absolute atomic E-state index is 10.8. The zero-order chi connectivity index (χ0) is 16.5. The van der Waals surface area contributed by atoms with Crippen LogP contribution in [0.3, 0.4) is 0 Å². The summed E-state index contributed by atoms with van der Waals surface area (Å²) in [5.74, 6) is -0.852. The highest BCUT2D eigenvalue weighted by Crippen LogP contribution is 2.12. The van der Waals surface area contributed by atoms with Crippen LogP contribution in [0.2, 0.25) is 0 Å². The summed E-state index contributed by atoms with van der Waals surface area (Å²) in [7, 11) is 3.42. The van der Waals surface area contributed by atoms with E-state index in [0.29, 0.717) is 5.56 Å². The average Bonchev–Trinajstić information content (AvgIpc) is 2.95. The summed E-state index contributed by atoms with van der Waals surface area (Å²) in [6.45, 7) is 0. The molecule has 5 N–H and O–H groups in total. The van der Waals surface area contributed by atoms with Gasteiger partial charge in [0.15, 0.2) is 5.69 Å². The van der Waals surface area contributed by atoms with Crippen molar-refractivity contribution in [1.29, 1.82) is 0 Å². The number of pyridine rings is 1. The fourth-order valence-corrected chi connectivity index (χ4v) is 1.18. The number of nitrogens with zero attached hydrogens (tertiary/aromatic N) is 5. The van der Waals surface area contributed by atoms with Gasteiger partial charge in [0.1, 0.15) is 0 Å². The highest BCUT2D eigenvalue weighted by molar-refractivity contribution is 5.94. The Bertz CT molecular complexity index is 650. The normalized spacial score (nSPS) is 9.91. The van der Waals surface area contributed by atoms with Crippen LogP contribution in [-0.4, -0.2) is 45.9 Å². The maximum Gasteiger partial charge on any atom is 0.269 e. The molecule has 0 unspecified atom stereocenters. The van der Waals surface area contributed by atoms with Crippen LogP contribution in [0.4, 0.5) is 5.82 Å². The smallest absolute Gasteiger partial charge is 0.269 e. The van der Waals surface area contributed by atoms with Gasteiger partial charge in [-0.15, -0.1) is 5.11 Å². The molecule has 10 heteroatoms. The van der Waals surface area contributed by atoms with Crippen molar-refractivity contribution in [2.45, 2.75) is 0 Å². The molecule has 10 nitrogen and oxygen atoms in total. The molecular formula is C12H16N8O2. The van der Waals surface area contributed by atoms with E-state index in [0.717, 1.165) is 0 Å². The number of hydrogen-bond donors (Lipinski definition) is 3. The molecule has 0 aliphatic carbocycles. The Morgan fingerprint density at radius 3 is 2.45 bits per heavy atom. The predicted molar refractivity (Wildman–Crippen MR) is 78.1 cm³/mol. The van der Waals surface area contributed by atoms with E-state index < -0.39 is 11.8 Å². The third-order valence-electron chi connectivity index (χ3n) is 2.13. The van der Waals surface area contributed by atoms with Crippen LogP contribution < -0.4 is 11.5 Å². The molecule has 0 atom stereocenters. The minimum absolute atomic E-state index is 0.158. The molecule has 2 heterocycles. The van der Waals surface area contributed by atoms with Gasteiger partial charge in [-0.2, -0.15) is 0 Å². The summed E-state index contributed by atoms with van der Waals surface area (Å²) < 4.78 is 0. The van der Waals surface area contributed by atoms with Crippen LogP contribution in [0.25, 0.3) is 0 Å². The van der Waals surface area contributed by atoms with Crippen molar-refractivity contribution in [3.63, 3.8) is 0 Å². The van der Waals surface area contributed by atoms with Gasteiger partial charge in [0.05, 0.1) is 11.9 Å². The molecule has 0 radical (unpaired) electrons. The average molecular weight is 304 g/mol. The third kappa shape index (κ3) is 5.36. The number of carbonyl (C=O) groups excluding carboxylic acids is 2. The molecule has 0 fully saturated rings. The molecule has 116 valence electrons. The maximum atomic E-state index is 10.8. The lowest BCUT2D eigenvalue weighted by atomic mass is 10.3. The van der Waals surface area contributed by atoms with Gasteiger partial charge in [0, 0.05) is 26.5 Å². The monoisotopic (exact) mass is 304 g/mol. The van der Waals surface area contributed by atoms with Crippen LogP contribution in [0.1, 0.15) is 20.8 Å². The molecule has 2 aromatic rings. The molecular weight excluding hydrogens is 288 g/mol. The Hall–Kier alpha value is -3.30. The van der Waals surface area contributed by atoms with Crippen molar-refractivity contribution in [2.24, 2.45) is 21.8 Å². The summed E-state index contributed by atoms with van der Waals surface area (Å²) in [4.78, 5) is 31.2. The number of rotatable bonds is 4. The predicted octanol–water partition coefficient (Wildman–Crippen LogP) is 0.249.